The Bertz CT molecular complexity index is 381. The summed E-state index contributed by atoms with van der Waals surface area (Å²) < 4.78 is 26.7. The second kappa shape index (κ2) is 3.81. The highest BCUT2D eigenvalue weighted by Gasteiger charge is 2.49. The van der Waals surface area contributed by atoms with E-state index in [-0.39, 0.29) is 23.3 Å². The molecular formula is C13H16F2O. The van der Waals surface area contributed by atoms with Crippen LogP contribution in [0.3, 0.4) is 0 Å². The van der Waals surface area contributed by atoms with Gasteiger partial charge in [-0.3, -0.25) is 0 Å². The van der Waals surface area contributed by atoms with Gasteiger partial charge in [-0.25, -0.2) is 8.78 Å². The van der Waals surface area contributed by atoms with E-state index in [0.29, 0.717) is 0 Å². The van der Waals surface area contributed by atoms with Crippen molar-refractivity contribution in [3.8, 4) is 0 Å². The molecule has 2 atom stereocenters. The van der Waals surface area contributed by atoms with Crippen molar-refractivity contribution < 1.29 is 13.9 Å². The summed E-state index contributed by atoms with van der Waals surface area (Å²) in [5.41, 5.74) is 0.110. The summed E-state index contributed by atoms with van der Waals surface area (Å²) in [6, 6.07) is 3.79. The number of halogens is 2. The van der Waals surface area contributed by atoms with E-state index >= 15 is 0 Å². The smallest absolute Gasteiger partial charge is 0.129 e. The molecule has 1 aliphatic rings. The summed E-state index contributed by atoms with van der Waals surface area (Å²) >= 11 is 0. The first-order chi connectivity index (χ1) is 7.42. The van der Waals surface area contributed by atoms with E-state index in [0.717, 1.165) is 6.42 Å². The highest BCUT2D eigenvalue weighted by Crippen LogP contribution is 2.54. The maximum Gasteiger partial charge on any atom is 0.129 e. The zero-order valence-electron chi connectivity index (χ0n) is 9.50. The molecule has 1 N–H and O–H groups in total. The highest BCUT2D eigenvalue weighted by molar-refractivity contribution is 5.21. The van der Waals surface area contributed by atoms with Crippen LogP contribution in [-0.4, -0.2) is 11.2 Å². The minimum Gasteiger partial charge on any atom is -0.392 e. The molecule has 0 amide bonds. The first-order valence-electron chi connectivity index (χ1n) is 5.53. The van der Waals surface area contributed by atoms with Crippen molar-refractivity contribution in [2.24, 2.45) is 11.3 Å². The molecule has 2 unspecified atom stereocenters. The van der Waals surface area contributed by atoms with E-state index in [9.17, 15) is 13.9 Å². The van der Waals surface area contributed by atoms with Crippen LogP contribution >= 0.6 is 0 Å². The molecule has 1 saturated carbocycles. The summed E-state index contributed by atoms with van der Waals surface area (Å²) in [4.78, 5) is 0. The van der Waals surface area contributed by atoms with Gasteiger partial charge in [0.1, 0.15) is 11.6 Å². The van der Waals surface area contributed by atoms with E-state index in [2.05, 4.69) is 13.8 Å². The van der Waals surface area contributed by atoms with Crippen LogP contribution in [0.5, 0.6) is 0 Å². The average Bonchev–Trinajstić information content (AvgIpc) is 2.82. The molecule has 1 nitrogen and oxygen atoms in total. The lowest BCUT2D eigenvalue weighted by molar-refractivity contribution is 0.134. The molecule has 1 fully saturated rings. The van der Waals surface area contributed by atoms with Crippen LogP contribution in [0, 0.1) is 23.0 Å². The van der Waals surface area contributed by atoms with Crippen molar-refractivity contribution in [3.05, 3.63) is 35.4 Å². The Morgan fingerprint density at radius 3 is 2.31 bits per heavy atom. The topological polar surface area (TPSA) is 20.2 Å². The Hall–Kier alpha value is -0.960. The molecule has 16 heavy (non-hydrogen) atoms. The van der Waals surface area contributed by atoms with Gasteiger partial charge in [0.25, 0.3) is 0 Å². The summed E-state index contributed by atoms with van der Waals surface area (Å²) in [6.45, 7) is 4.11. The van der Waals surface area contributed by atoms with Crippen LogP contribution < -0.4 is 0 Å². The van der Waals surface area contributed by atoms with Gasteiger partial charge in [-0.05, 0) is 29.9 Å². The zero-order valence-corrected chi connectivity index (χ0v) is 9.50. The predicted octanol–water partition coefficient (Wildman–Crippen LogP) is 2.91. The fourth-order valence-electron chi connectivity index (χ4n) is 2.24. The van der Waals surface area contributed by atoms with Gasteiger partial charge in [-0.1, -0.05) is 19.9 Å². The second-order valence-electron chi connectivity index (χ2n) is 5.27. The zero-order chi connectivity index (χ0) is 11.9. The molecule has 0 aliphatic heterocycles. The van der Waals surface area contributed by atoms with Crippen LogP contribution in [0.25, 0.3) is 0 Å². The standard InChI is InChI=1S/C13H16F2O/c1-13(2)7-9(13)12(16)6-8-10(14)4-3-5-11(8)15/h3-5,9,12,16H,6-7H2,1-2H3. The second-order valence-corrected chi connectivity index (χ2v) is 5.27. The lowest BCUT2D eigenvalue weighted by atomic mass is 9.99. The van der Waals surface area contributed by atoms with Crippen LogP contribution in [-0.2, 0) is 6.42 Å². The van der Waals surface area contributed by atoms with Crippen LogP contribution in [0.2, 0.25) is 0 Å². The van der Waals surface area contributed by atoms with Crippen molar-refractivity contribution in [3.63, 3.8) is 0 Å². The van der Waals surface area contributed by atoms with E-state index in [1.807, 2.05) is 0 Å². The van der Waals surface area contributed by atoms with Gasteiger partial charge in [0.15, 0.2) is 0 Å². The van der Waals surface area contributed by atoms with Gasteiger partial charge in [0, 0.05) is 12.0 Å². The van der Waals surface area contributed by atoms with Gasteiger partial charge < -0.3 is 5.11 Å². The van der Waals surface area contributed by atoms with Gasteiger partial charge in [0.2, 0.25) is 0 Å². The number of aliphatic hydroxyl groups excluding tert-OH is 1. The summed E-state index contributed by atoms with van der Waals surface area (Å²) in [6.07, 6.45) is 0.331. The maximum atomic E-state index is 13.3. The van der Waals surface area contributed by atoms with Crippen molar-refractivity contribution in [1.29, 1.82) is 0 Å². The molecule has 2 rings (SSSR count). The normalized spacial score (nSPS) is 24.2. The monoisotopic (exact) mass is 226 g/mol. The summed E-state index contributed by atoms with van der Waals surface area (Å²) in [5.74, 6) is -0.985. The van der Waals surface area contributed by atoms with E-state index in [1.54, 1.807) is 0 Å². The Balaban J connectivity index is 2.10. The maximum absolute atomic E-state index is 13.3. The molecular weight excluding hydrogens is 210 g/mol. The Morgan fingerprint density at radius 2 is 1.88 bits per heavy atom. The molecule has 0 radical (unpaired) electrons. The molecule has 0 heterocycles. The highest BCUT2D eigenvalue weighted by atomic mass is 19.1. The Kier molecular flexibility index (Phi) is 2.74. The molecule has 1 aromatic rings. The summed E-state index contributed by atoms with van der Waals surface area (Å²) in [7, 11) is 0. The molecule has 1 aromatic carbocycles. The van der Waals surface area contributed by atoms with Crippen molar-refractivity contribution in [1.82, 2.24) is 0 Å². The number of hydrogen-bond donors (Lipinski definition) is 1. The van der Waals surface area contributed by atoms with Gasteiger partial charge in [0.05, 0.1) is 6.10 Å². The van der Waals surface area contributed by atoms with E-state index < -0.39 is 17.7 Å². The fraction of sp³-hybridized carbons (Fsp3) is 0.538. The first-order valence-corrected chi connectivity index (χ1v) is 5.53. The largest absolute Gasteiger partial charge is 0.392 e. The molecule has 0 aromatic heterocycles. The number of hydrogen-bond acceptors (Lipinski definition) is 1. The number of aliphatic hydroxyl groups is 1. The predicted molar refractivity (Wildman–Crippen MR) is 58.0 cm³/mol. The van der Waals surface area contributed by atoms with Gasteiger partial charge in [-0.15, -0.1) is 0 Å². The first kappa shape index (κ1) is 11.5. The molecule has 0 spiro atoms. The lowest BCUT2D eigenvalue weighted by Gasteiger charge is -2.13. The lowest BCUT2D eigenvalue weighted by Crippen LogP contribution is -2.18. The number of benzene rings is 1. The minimum atomic E-state index is -0.651. The fourth-order valence-corrected chi connectivity index (χ4v) is 2.24. The third-order valence-corrected chi connectivity index (χ3v) is 3.53. The molecule has 88 valence electrons. The van der Waals surface area contributed by atoms with E-state index in [4.69, 9.17) is 0 Å². The Morgan fingerprint density at radius 1 is 1.38 bits per heavy atom. The van der Waals surface area contributed by atoms with Crippen LogP contribution in [0.4, 0.5) is 8.78 Å². The van der Waals surface area contributed by atoms with Crippen LogP contribution in [0.1, 0.15) is 25.8 Å². The molecule has 0 bridgehead atoms. The molecule has 0 saturated heterocycles. The molecule has 3 heteroatoms. The van der Waals surface area contributed by atoms with Crippen LogP contribution in [0.15, 0.2) is 18.2 Å². The van der Waals surface area contributed by atoms with E-state index in [1.165, 1.54) is 18.2 Å². The van der Waals surface area contributed by atoms with Crippen molar-refractivity contribution in [2.75, 3.05) is 0 Å². The summed E-state index contributed by atoms with van der Waals surface area (Å²) in [5, 5.41) is 9.89. The molecule has 1 aliphatic carbocycles. The minimum absolute atomic E-state index is 0.00213. The average molecular weight is 226 g/mol. The van der Waals surface area contributed by atoms with Crippen molar-refractivity contribution in [2.45, 2.75) is 32.8 Å². The van der Waals surface area contributed by atoms with Gasteiger partial charge in [-0.2, -0.15) is 0 Å². The van der Waals surface area contributed by atoms with Gasteiger partial charge >= 0.3 is 0 Å². The third-order valence-electron chi connectivity index (χ3n) is 3.53. The number of rotatable bonds is 3. The SMILES string of the molecule is CC1(C)CC1C(O)Cc1c(F)cccc1F. The quantitative estimate of drug-likeness (QED) is 0.840. The third kappa shape index (κ3) is 2.09. The van der Waals surface area contributed by atoms with Crippen molar-refractivity contribution >= 4 is 0 Å². The Labute approximate surface area is 94.1 Å².